The number of hydrogen-bond acceptors (Lipinski definition) is 2. The average molecular weight is 591 g/mol. The second-order valence-corrected chi connectivity index (χ2v) is 14.4. The summed E-state index contributed by atoms with van der Waals surface area (Å²) in [6.45, 7) is 9.42. The van der Waals surface area contributed by atoms with E-state index in [-0.39, 0.29) is 10.8 Å². The molecule has 2 aromatic heterocycles. The first kappa shape index (κ1) is 24.9. The van der Waals surface area contributed by atoms with Crippen molar-refractivity contribution in [1.29, 1.82) is 0 Å². The molecule has 0 saturated heterocycles. The number of rotatable bonds is 0. The molecule has 0 radical (unpaired) electrons. The lowest BCUT2D eigenvalue weighted by Crippen LogP contribution is -2.15. The minimum atomic E-state index is -0.173. The highest BCUT2D eigenvalue weighted by Crippen LogP contribution is 2.59. The molecule has 46 heavy (non-hydrogen) atoms. The van der Waals surface area contributed by atoms with Gasteiger partial charge < -0.3 is 8.83 Å². The smallest absolute Gasteiger partial charge is 0.144 e. The Balaban J connectivity index is 1.51. The molecule has 7 aromatic carbocycles. The minimum absolute atomic E-state index is 0.173. The van der Waals surface area contributed by atoms with Gasteiger partial charge in [-0.05, 0) is 68.4 Å². The van der Waals surface area contributed by atoms with Crippen LogP contribution in [-0.2, 0) is 10.8 Å². The van der Waals surface area contributed by atoms with Crippen molar-refractivity contribution in [3.05, 3.63) is 131 Å². The highest BCUT2D eigenvalue weighted by Gasteiger charge is 2.41. The van der Waals surface area contributed by atoms with Gasteiger partial charge in [0, 0.05) is 54.3 Å². The summed E-state index contributed by atoms with van der Waals surface area (Å²) in [7, 11) is 0. The predicted octanol–water partition coefficient (Wildman–Crippen LogP) is 12.4. The highest BCUT2D eigenvalue weighted by atomic mass is 16.3. The molecular formula is C44H30O2. The SMILES string of the molecule is CC1(C)c2ccccc2-c2c1cc1c3c2oc2ccccc2c3c2cc3c(c4oc5ccccc5c1c42)-c1ccccc1C3(C)C. The van der Waals surface area contributed by atoms with Crippen LogP contribution in [-0.4, -0.2) is 0 Å². The number of para-hydroxylation sites is 2. The van der Waals surface area contributed by atoms with E-state index in [1.807, 2.05) is 0 Å². The second kappa shape index (κ2) is 7.89. The molecule has 2 aliphatic rings. The molecule has 0 N–H and O–H groups in total. The van der Waals surface area contributed by atoms with Gasteiger partial charge in [-0.2, -0.15) is 0 Å². The first-order valence-corrected chi connectivity index (χ1v) is 16.3. The zero-order valence-electron chi connectivity index (χ0n) is 26.2. The van der Waals surface area contributed by atoms with Gasteiger partial charge in [-0.1, -0.05) is 113 Å². The van der Waals surface area contributed by atoms with Gasteiger partial charge in [-0.15, -0.1) is 0 Å². The van der Waals surface area contributed by atoms with Gasteiger partial charge in [0.1, 0.15) is 22.3 Å². The van der Waals surface area contributed by atoms with E-state index in [0.29, 0.717) is 0 Å². The third-order valence-electron chi connectivity index (χ3n) is 11.4. The van der Waals surface area contributed by atoms with E-state index < -0.39 is 0 Å². The first-order chi connectivity index (χ1) is 22.4. The van der Waals surface area contributed by atoms with Gasteiger partial charge in [-0.3, -0.25) is 0 Å². The molecule has 2 heteroatoms. The molecule has 0 bridgehead atoms. The van der Waals surface area contributed by atoms with Crippen LogP contribution in [0.4, 0.5) is 0 Å². The van der Waals surface area contributed by atoms with Crippen LogP contribution in [0.2, 0.25) is 0 Å². The predicted molar refractivity (Wildman–Crippen MR) is 191 cm³/mol. The van der Waals surface area contributed by atoms with E-state index in [4.69, 9.17) is 8.83 Å². The molecule has 0 atom stereocenters. The van der Waals surface area contributed by atoms with Crippen LogP contribution in [0.15, 0.2) is 118 Å². The van der Waals surface area contributed by atoms with Gasteiger partial charge >= 0.3 is 0 Å². The molecule has 2 aliphatic carbocycles. The Labute approximate surface area is 265 Å². The Bertz CT molecular complexity index is 2660. The molecule has 0 amide bonds. The topological polar surface area (TPSA) is 26.3 Å². The van der Waals surface area contributed by atoms with Gasteiger partial charge in [0.15, 0.2) is 0 Å². The zero-order valence-corrected chi connectivity index (χ0v) is 26.2. The van der Waals surface area contributed by atoms with Crippen LogP contribution in [0.3, 0.4) is 0 Å². The standard InChI is InChI=1S/C44H30O2/c1-43(2)29-17-9-5-13-23(29)37-31(43)21-27-35-25-15-7-12-20-34(25)46-42-38-24-14-6-10-18-30(24)44(3,4)32(38)22-28(40(35)42)36-26-16-8-11-19-33(26)45-41(37)39(27)36/h5-22H,1-4H3. The summed E-state index contributed by atoms with van der Waals surface area (Å²) in [5, 5.41) is 9.61. The third-order valence-corrected chi connectivity index (χ3v) is 11.4. The zero-order chi connectivity index (χ0) is 30.7. The number of fused-ring (bicyclic) bond motifs is 14. The fraction of sp³-hybridized carbons (Fsp3) is 0.136. The van der Waals surface area contributed by atoms with Crippen LogP contribution < -0.4 is 0 Å². The quantitative estimate of drug-likeness (QED) is 0.130. The number of hydrogen-bond donors (Lipinski definition) is 0. The Morgan fingerprint density at radius 3 is 1.24 bits per heavy atom. The maximum absolute atomic E-state index is 7.08. The van der Waals surface area contributed by atoms with E-state index in [0.717, 1.165) is 33.1 Å². The van der Waals surface area contributed by atoms with Crippen LogP contribution in [0, 0.1) is 0 Å². The molecule has 0 fully saturated rings. The number of benzene rings is 7. The van der Waals surface area contributed by atoms with Crippen molar-refractivity contribution in [3.8, 4) is 22.3 Å². The van der Waals surface area contributed by atoms with Crippen LogP contribution >= 0.6 is 0 Å². The molecular weight excluding hydrogens is 560 g/mol. The van der Waals surface area contributed by atoms with Gasteiger partial charge in [0.25, 0.3) is 0 Å². The lowest BCUT2D eigenvalue weighted by atomic mass is 9.79. The lowest BCUT2D eigenvalue weighted by molar-refractivity contribution is 0.650. The van der Waals surface area contributed by atoms with Crippen molar-refractivity contribution >= 4 is 65.4 Å². The van der Waals surface area contributed by atoms with Crippen molar-refractivity contribution < 1.29 is 8.83 Å². The second-order valence-electron chi connectivity index (χ2n) is 14.4. The molecule has 218 valence electrons. The summed E-state index contributed by atoms with van der Waals surface area (Å²) in [5.74, 6) is 0. The Morgan fingerprint density at radius 2 is 0.783 bits per heavy atom. The monoisotopic (exact) mass is 590 g/mol. The minimum Gasteiger partial charge on any atom is -0.455 e. The molecule has 0 spiro atoms. The van der Waals surface area contributed by atoms with E-state index in [2.05, 4.69) is 137 Å². The van der Waals surface area contributed by atoms with Crippen LogP contribution in [0.25, 0.3) is 87.7 Å². The maximum Gasteiger partial charge on any atom is 0.144 e. The summed E-state index contributed by atoms with van der Waals surface area (Å²) < 4.78 is 14.2. The van der Waals surface area contributed by atoms with E-state index >= 15 is 0 Å². The van der Waals surface area contributed by atoms with Gasteiger partial charge in [-0.25, -0.2) is 0 Å². The van der Waals surface area contributed by atoms with Gasteiger partial charge in [0.05, 0.1) is 0 Å². The molecule has 2 heterocycles. The Hall–Kier alpha value is -5.34. The molecule has 0 unspecified atom stereocenters. The summed E-state index contributed by atoms with van der Waals surface area (Å²) >= 11 is 0. The Morgan fingerprint density at radius 1 is 0.391 bits per heavy atom. The molecule has 11 rings (SSSR count). The molecule has 2 nitrogen and oxygen atoms in total. The fourth-order valence-electron chi connectivity index (χ4n) is 9.29. The van der Waals surface area contributed by atoms with Crippen molar-refractivity contribution in [1.82, 2.24) is 0 Å². The van der Waals surface area contributed by atoms with E-state index in [1.165, 1.54) is 76.8 Å². The highest BCUT2D eigenvalue weighted by molar-refractivity contribution is 6.41. The van der Waals surface area contributed by atoms with Crippen molar-refractivity contribution in [2.24, 2.45) is 0 Å². The first-order valence-electron chi connectivity index (χ1n) is 16.3. The van der Waals surface area contributed by atoms with Gasteiger partial charge in [0.2, 0.25) is 0 Å². The molecule has 9 aromatic rings. The van der Waals surface area contributed by atoms with Crippen molar-refractivity contribution in [3.63, 3.8) is 0 Å². The summed E-state index contributed by atoms with van der Waals surface area (Å²) in [6, 6.07) is 39.9. The largest absolute Gasteiger partial charge is 0.455 e. The summed E-state index contributed by atoms with van der Waals surface area (Å²) in [6.07, 6.45) is 0. The van der Waals surface area contributed by atoms with Crippen LogP contribution in [0.5, 0.6) is 0 Å². The fourth-order valence-corrected chi connectivity index (χ4v) is 9.29. The molecule has 0 aliphatic heterocycles. The van der Waals surface area contributed by atoms with Crippen molar-refractivity contribution in [2.75, 3.05) is 0 Å². The van der Waals surface area contributed by atoms with Crippen LogP contribution in [0.1, 0.15) is 49.9 Å². The average Bonchev–Trinajstić information content (AvgIpc) is 3.45. The summed E-state index contributed by atoms with van der Waals surface area (Å²) in [5.41, 5.74) is 13.7. The lowest BCUT2D eigenvalue weighted by Gasteiger charge is -2.25. The van der Waals surface area contributed by atoms with E-state index in [9.17, 15) is 0 Å². The normalized spacial score (nSPS) is 15.7. The summed E-state index contributed by atoms with van der Waals surface area (Å²) in [4.78, 5) is 0. The molecule has 0 saturated carbocycles. The van der Waals surface area contributed by atoms with E-state index in [1.54, 1.807) is 0 Å². The van der Waals surface area contributed by atoms with Crippen molar-refractivity contribution in [2.45, 2.75) is 38.5 Å². The maximum atomic E-state index is 7.08. The Kier molecular flexibility index (Phi) is 4.28. The third kappa shape index (κ3) is 2.69.